The summed E-state index contributed by atoms with van der Waals surface area (Å²) in [5, 5.41) is 0. The van der Waals surface area contributed by atoms with E-state index in [-0.39, 0.29) is 17.6 Å². The second-order valence-corrected chi connectivity index (χ2v) is 9.89. The monoisotopic (exact) mass is 427 g/mol. The number of carbonyl (C=O) groups is 1. The van der Waals surface area contributed by atoms with E-state index in [9.17, 15) is 13.6 Å². The van der Waals surface area contributed by atoms with Crippen molar-refractivity contribution in [3.8, 4) is 0 Å². The first-order valence-corrected chi connectivity index (χ1v) is 11.5. The second kappa shape index (κ2) is 9.21. The van der Waals surface area contributed by atoms with Crippen LogP contribution in [0, 0.1) is 29.4 Å². The molecule has 0 unspecified atom stereocenters. The van der Waals surface area contributed by atoms with Gasteiger partial charge in [-0.2, -0.15) is 0 Å². The molecule has 1 saturated carbocycles. The van der Waals surface area contributed by atoms with E-state index in [1.54, 1.807) is 11.2 Å². The highest BCUT2D eigenvalue weighted by atomic mass is 32.2. The topological polar surface area (TPSA) is 38.8 Å². The number of hydrogen-bond acceptors (Lipinski definition) is 4. The van der Waals surface area contributed by atoms with Crippen LogP contribution in [-0.4, -0.2) is 42.5 Å². The van der Waals surface area contributed by atoms with Crippen molar-refractivity contribution in [3.05, 3.63) is 29.3 Å². The van der Waals surface area contributed by atoms with Crippen LogP contribution in [0.2, 0.25) is 0 Å². The van der Waals surface area contributed by atoms with E-state index in [0.29, 0.717) is 29.9 Å². The maximum atomic E-state index is 13.8. The van der Waals surface area contributed by atoms with Crippen LogP contribution < -0.4 is 0 Å². The molecule has 1 aromatic carbocycles. The Morgan fingerprint density at radius 1 is 1.21 bits per heavy atom. The maximum absolute atomic E-state index is 13.8. The fourth-order valence-corrected chi connectivity index (χ4v) is 4.60. The number of likely N-dealkylation sites (tertiary alicyclic amines) is 1. The summed E-state index contributed by atoms with van der Waals surface area (Å²) in [7, 11) is 0. The van der Waals surface area contributed by atoms with Crippen LogP contribution in [0.1, 0.15) is 45.6 Å². The minimum atomic E-state index is -0.530. The Labute approximate surface area is 176 Å². The predicted octanol–water partition coefficient (Wildman–Crippen LogP) is 5.49. The van der Waals surface area contributed by atoms with Gasteiger partial charge in [0, 0.05) is 13.1 Å². The van der Waals surface area contributed by atoms with Crippen molar-refractivity contribution in [2.24, 2.45) is 17.8 Å². The lowest BCUT2D eigenvalue weighted by molar-refractivity contribution is 0.0170. The van der Waals surface area contributed by atoms with E-state index >= 15 is 0 Å². The van der Waals surface area contributed by atoms with E-state index in [1.165, 1.54) is 12.1 Å². The summed E-state index contributed by atoms with van der Waals surface area (Å²) in [5.74, 6) is 0.684. The number of benzene rings is 1. The zero-order valence-corrected chi connectivity index (χ0v) is 18.5. The normalized spacial score (nSPS) is 22.6. The van der Waals surface area contributed by atoms with Gasteiger partial charge < -0.3 is 14.4 Å². The van der Waals surface area contributed by atoms with Gasteiger partial charge in [-0.1, -0.05) is 0 Å². The summed E-state index contributed by atoms with van der Waals surface area (Å²) in [5.41, 5.74) is 0.0645. The molecule has 2 atom stereocenters. The highest BCUT2D eigenvalue weighted by Crippen LogP contribution is 2.48. The van der Waals surface area contributed by atoms with Gasteiger partial charge in [-0.3, -0.25) is 0 Å². The maximum Gasteiger partial charge on any atom is 0.410 e. The van der Waals surface area contributed by atoms with Crippen molar-refractivity contribution >= 4 is 17.9 Å². The average Bonchev–Trinajstić information content (AvgIpc) is 3.40. The highest BCUT2D eigenvalue weighted by molar-refractivity contribution is 7.98. The molecule has 1 aliphatic carbocycles. The van der Waals surface area contributed by atoms with E-state index in [2.05, 4.69) is 0 Å². The Kier molecular flexibility index (Phi) is 7.10. The molecule has 2 aliphatic rings. The van der Waals surface area contributed by atoms with Crippen LogP contribution in [0.5, 0.6) is 0 Å². The molecule has 7 heteroatoms. The largest absolute Gasteiger partial charge is 0.444 e. The number of piperidine rings is 1. The summed E-state index contributed by atoms with van der Waals surface area (Å²) in [6.45, 7) is 7.96. The number of thioether (sulfide) groups is 1. The van der Waals surface area contributed by atoms with E-state index in [1.807, 2.05) is 20.8 Å². The molecule has 1 heterocycles. The van der Waals surface area contributed by atoms with Gasteiger partial charge in [0.2, 0.25) is 0 Å². The molecule has 0 N–H and O–H groups in total. The Morgan fingerprint density at radius 3 is 2.38 bits per heavy atom. The summed E-state index contributed by atoms with van der Waals surface area (Å²) in [6.07, 6.45) is 4.55. The predicted molar refractivity (Wildman–Crippen MR) is 110 cm³/mol. The second-order valence-electron chi connectivity index (χ2n) is 9.07. The molecule has 1 saturated heterocycles. The van der Waals surface area contributed by atoms with Crippen molar-refractivity contribution < 1.29 is 23.0 Å². The van der Waals surface area contributed by atoms with Crippen LogP contribution in [0.15, 0.2) is 17.0 Å². The highest BCUT2D eigenvalue weighted by Gasteiger charge is 2.44. The van der Waals surface area contributed by atoms with Crippen LogP contribution in [0.4, 0.5) is 13.6 Å². The molecule has 1 aromatic rings. The Hall–Kier alpha value is -1.34. The standard InChI is InChI=1S/C22H31F2NO3S/c1-22(2,3)28-21(26)25-7-5-15(6-8-25)17-11-16(17)13-27-12-14-9-18(23)20(29-4)19(24)10-14/h9-10,15-17H,5-8,11-13H2,1-4H3/t16-,17+/m0/s1. The lowest BCUT2D eigenvalue weighted by atomic mass is 9.91. The fraction of sp³-hybridized carbons (Fsp3) is 0.682. The molecular weight excluding hydrogens is 396 g/mol. The molecule has 0 radical (unpaired) electrons. The molecule has 2 fully saturated rings. The molecule has 0 aromatic heterocycles. The lowest BCUT2D eigenvalue weighted by Crippen LogP contribution is -2.42. The first-order valence-electron chi connectivity index (χ1n) is 10.3. The molecule has 162 valence electrons. The molecule has 3 rings (SSSR count). The number of hydrogen-bond donors (Lipinski definition) is 0. The third-order valence-corrected chi connectivity index (χ3v) is 6.44. The molecule has 0 bridgehead atoms. The van der Waals surface area contributed by atoms with E-state index < -0.39 is 17.2 Å². The van der Waals surface area contributed by atoms with Crippen LogP contribution in [-0.2, 0) is 16.1 Å². The Bertz CT molecular complexity index is 706. The van der Waals surface area contributed by atoms with Crippen LogP contribution >= 0.6 is 11.8 Å². The fourth-order valence-electron chi connectivity index (χ4n) is 4.10. The number of carbonyl (C=O) groups excluding carboxylic acids is 1. The van der Waals surface area contributed by atoms with Crippen molar-refractivity contribution in [1.29, 1.82) is 0 Å². The van der Waals surface area contributed by atoms with E-state index in [4.69, 9.17) is 9.47 Å². The quantitative estimate of drug-likeness (QED) is 0.563. The van der Waals surface area contributed by atoms with Gasteiger partial charge in [0.1, 0.15) is 17.2 Å². The number of nitrogens with zero attached hydrogens (tertiary/aromatic N) is 1. The van der Waals surface area contributed by atoms with Crippen molar-refractivity contribution in [2.75, 3.05) is 26.0 Å². The van der Waals surface area contributed by atoms with Gasteiger partial charge in [0.25, 0.3) is 0 Å². The first-order chi connectivity index (χ1) is 13.7. The van der Waals surface area contributed by atoms with Gasteiger partial charge in [0.15, 0.2) is 0 Å². The SMILES string of the molecule is CSc1c(F)cc(COC[C@@H]2C[C@@H]2C2CCN(C(=O)OC(C)(C)C)CC2)cc1F. The number of ether oxygens (including phenoxy) is 2. The Morgan fingerprint density at radius 2 is 1.83 bits per heavy atom. The summed E-state index contributed by atoms with van der Waals surface area (Å²) in [4.78, 5) is 14.0. The van der Waals surface area contributed by atoms with Gasteiger partial charge >= 0.3 is 6.09 Å². The first kappa shape index (κ1) is 22.3. The smallest absolute Gasteiger partial charge is 0.410 e. The number of halogens is 2. The van der Waals surface area contributed by atoms with Crippen molar-refractivity contribution in [2.45, 2.75) is 57.1 Å². The van der Waals surface area contributed by atoms with Crippen molar-refractivity contribution in [3.63, 3.8) is 0 Å². The minimum absolute atomic E-state index is 0.0498. The molecule has 0 spiro atoms. The third kappa shape index (κ3) is 6.07. The molecule has 1 aliphatic heterocycles. The number of rotatable bonds is 6. The average molecular weight is 428 g/mol. The number of amides is 1. The van der Waals surface area contributed by atoms with Gasteiger partial charge in [0.05, 0.1) is 18.1 Å². The molecule has 4 nitrogen and oxygen atoms in total. The summed E-state index contributed by atoms with van der Waals surface area (Å²) >= 11 is 1.07. The van der Waals surface area contributed by atoms with Crippen LogP contribution in [0.25, 0.3) is 0 Å². The molecule has 1 amide bonds. The molecule has 29 heavy (non-hydrogen) atoms. The van der Waals surface area contributed by atoms with Gasteiger partial charge in [-0.05, 0) is 81.7 Å². The summed E-state index contributed by atoms with van der Waals surface area (Å²) < 4.78 is 38.9. The van der Waals surface area contributed by atoms with Gasteiger partial charge in [-0.15, -0.1) is 11.8 Å². The third-order valence-electron chi connectivity index (χ3n) is 5.64. The zero-order valence-electron chi connectivity index (χ0n) is 17.7. The molecular formula is C22H31F2NO3S. The van der Waals surface area contributed by atoms with Crippen LogP contribution in [0.3, 0.4) is 0 Å². The Balaban J connectivity index is 1.38. The summed E-state index contributed by atoms with van der Waals surface area (Å²) in [6, 6.07) is 2.71. The lowest BCUT2D eigenvalue weighted by Gasteiger charge is -2.33. The van der Waals surface area contributed by atoms with Gasteiger partial charge in [-0.25, -0.2) is 13.6 Å². The van der Waals surface area contributed by atoms with E-state index in [0.717, 1.165) is 44.1 Å². The zero-order chi connectivity index (χ0) is 21.2. The van der Waals surface area contributed by atoms with Crippen molar-refractivity contribution in [1.82, 2.24) is 4.90 Å². The minimum Gasteiger partial charge on any atom is -0.444 e.